The highest BCUT2D eigenvalue weighted by Crippen LogP contribution is 2.32. The summed E-state index contributed by atoms with van der Waals surface area (Å²) in [7, 11) is 0. The number of nitrogens with zero attached hydrogens (tertiary/aromatic N) is 2. The molecule has 0 saturated heterocycles. The van der Waals surface area contributed by atoms with Gasteiger partial charge in [-0.2, -0.15) is 0 Å². The van der Waals surface area contributed by atoms with Crippen LogP contribution in [0.5, 0.6) is 5.75 Å². The Labute approximate surface area is 147 Å². The predicted octanol–water partition coefficient (Wildman–Crippen LogP) is 3.31. The molecule has 0 radical (unpaired) electrons. The molecule has 0 aromatic heterocycles. The molecule has 0 saturated carbocycles. The molecule has 0 atom stereocenters. The van der Waals surface area contributed by atoms with E-state index < -0.39 is 16.7 Å². The van der Waals surface area contributed by atoms with Gasteiger partial charge in [0.05, 0.1) is 10.6 Å². The monoisotopic (exact) mass is 358 g/mol. The fourth-order valence-corrected chi connectivity index (χ4v) is 2.56. The number of nitro groups is 1. The van der Waals surface area contributed by atoms with Crippen molar-refractivity contribution in [2.75, 3.05) is 4.90 Å². The number of anilines is 1. The molecule has 0 fully saturated rings. The maximum Gasteiger partial charge on any atom is 0.302 e. The van der Waals surface area contributed by atoms with E-state index in [9.17, 15) is 19.7 Å². The minimum absolute atomic E-state index is 0.122. The first-order valence-corrected chi connectivity index (χ1v) is 7.54. The molecule has 1 aliphatic rings. The summed E-state index contributed by atoms with van der Waals surface area (Å²) in [4.78, 5) is 36.0. The van der Waals surface area contributed by atoms with Gasteiger partial charge in [0.1, 0.15) is 5.75 Å². The van der Waals surface area contributed by atoms with E-state index >= 15 is 0 Å². The highest BCUT2D eigenvalue weighted by molar-refractivity contribution is 6.52. The lowest BCUT2D eigenvalue weighted by molar-refractivity contribution is -0.384. The van der Waals surface area contributed by atoms with Crippen LogP contribution >= 0.6 is 11.6 Å². The van der Waals surface area contributed by atoms with Crippen LogP contribution in [0.25, 0.3) is 0 Å². The van der Waals surface area contributed by atoms with Gasteiger partial charge in [0.25, 0.3) is 11.6 Å². The SMILES string of the molecule is Cc1ccccc1N1C(=O)C(Cl)=C(Oc2ccc([N+](=O)[O-])cc2)C1=O. The number of carbonyl (C=O) groups is 2. The molecule has 0 unspecified atom stereocenters. The van der Waals surface area contributed by atoms with Crippen LogP contribution in [0, 0.1) is 17.0 Å². The third-order valence-corrected chi connectivity index (χ3v) is 3.94. The average Bonchev–Trinajstić information content (AvgIpc) is 2.80. The number of ether oxygens (including phenoxy) is 1. The number of nitro benzene ring substituents is 1. The quantitative estimate of drug-likeness (QED) is 0.475. The second-order valence-corrected chi connectivity index (χ2v) is 5.61. The predicted molar refractivity (Wildman–Crippen MR) is 90.3 cm³/mol. The second kappa shape index (κ2) is 6.37. The normalized spacial score (nSPS) is 14.2. The molecular formula is C17H11ClN2O5. The third-order valence-electron chi connectivity index (χ3n) is 3.61. The van der Waals surface area contributed by atoms with Crippen molar-refractivity contribution in [3.05, 3.63) is 75.0 Å². The number of hydrogen-bond acceptors (Lipinski definition) is 5. The van der Waals surface area contributed by atoms with Crippen molar-refractivity contribution in [3.63, 3.8) is 0 Å². The number of halogens is 1. The van der Waals surface area contributed by atoms with Gasteiger partial charge in [0.2, 0.25) is 5.76 Å². The fourth-order valence-electron chi connectivity index (χ4n) is 2.36. The molecule has 1 heterocycles. The molecule has 126 valence electrons. The molecule has 0 aliphatic carbocycles. The van der Waals surface area contributed by atoms with Crippen LogP contribution in [0.3, 0.4) is 0 Å². The van der Waals surface area contributed by atoms with Crippen LogP contribution in [0.15, 0.2) is 59.3 Å². The lowest BCUT2D eigenvalue weighted by Crippen LogP contribution is -2.32. The maximum absolute atomic E-state index is 12.6. The van der Waals surface area contributed by atoms with Gasteiger partial charge in [-0.05, 0) is 30.7 Å². The summed E-state index contributed by atoms with van der Waals surface area (Å²) in [5, 5.41) is 10.3. The highest BCUT2D eigenvalue weighted by atomic mass is 35.5. The molecular weight excluding hydrogens is 348 g/mol. The maximum atomic E-state index is 12.6. The van der Waals surface area contributed by atoms with Crippen molar-refractivity contribution in [3.8, 4) is 5.75 Å². The molecule has 25 heavy (non-hydrogen) atoms. The minimum atomic E-state index is -0.692. The van der Waals surface area contributed by atoms with E-state index in [0.29, 0.717) is 5.69 Å². The lowest BCUT2D eigenvalue weighted by Gasteiger charge is -2.16. The van der Waals surface area contributed by atoms with Gasteiger partial charge < -0.3 is 4.74 Å². The summed E-state index contributed by atoms with van der Waals surface area (Å²) >= 11 is 5.99. The van der Waals surface area contributed by atoms with Gasteiger partial charge in [-0.3, -0.25) is 19.7 Å². The number of benzene rings is 2. The Morgan fingerprint density at radius 1 is 1.04 bits per heavy atom. The molecule has 8 heteroatoms. The third kappa shape index (κ3) is 2.97. The number of hydrogen-bond donors (Lipinski definition) is 0. The van der Waals surface area contributed by atoms with Gasteiger partial charge in [-0.15, -0.1) is 0 Å². The summed E-state index contributed by atoms with van der Waals surface area (Å²) in [5.74, 6) is -1.53. The van der Waals surface area contributed by atoms with Gasteiger partial charge >= 0.3 is 5.91 Å². The Morgan fingerprint density at radius 2 is 1.68 bits per heavy atom. The number of aryl methyl sites for hydroxylation is 1. The molecule has 0 spiro atoms. The zero-order chi connectivity index (χ0) is 18.1. The first-order valence-electron chi connectivity index (χ1n) is 7.16. The number of para-hydroxylation sites is 1. The number of imide groups is 1. The van der Waals surface area contributed by atoms with E-state index in [-0.39, 0.29) is 22.2 Å². The number of carbonyl (C=O) groups excluding carboxylic acids is 2. The van der Waals surface area contributed by atoms with Crippen molar-refractivity contribution in [1.29, 1.82) is 0 Å². The average molecular weight is 359 g/mol. The van der Waals surface area contributed by atoms with Gasteiger partial charge in [-0.25, -0.2) is 4.90 Å². The van der Waals surface area contributed by atoms with E-state index in [2.05, 4.69) is 0 Å². The summed E-state index contributed by atoms with van der Waals surface area (Å²) in [6.07, 6.45) is 0. The van der Waals surface area contributed by atoms with E-state index in [1.165, 1.54) is 24.3 Å². The van der Waals surface area contributed by atoms with Crippen LogP contribution in [-0.4, -0.2) is 16.7 Å². The Balaban J connectivity index is 1.90. The Kier molecular flexibility index (Phi) is 4.24. The number of rotatable bonds is 4. The summed E-state index contributed by atoms with van der Waals surface area (Å²) in [6.45, 7) is 1.76. The van der Waals surface area contributed by atoms with Crippen molar-refractivity contribution in [2.45, 2.75) is 6.92 Å². The molecule has 2 amide bonds. The summed E-state index contributed by atoms with van der Waals surface area (Å²) in [5.41, 5.74) is 1.02. The van der Waals surface area contributed by atoms with Crippen LogP contribution < -0.4 is 9.64 Å². The van der Waals surface area contributed by atoms with Crippen molar-refractivity contribution in [2.24, 2.45) is 0 Å². The van der Waals surface area contributed by atoms with Gasteiger partial charge in [0, 0.05) is 12.1 Å². The first-order chi connectivity index (χ1) is 11.9. The fraction of sp³-hybridized carbons (Fsp3) is 0.0588. The number of non-ortho nitro benzene ring substituents is 1. The summed E-state index contributed by atoms with van der Waals surface area (Å²) in [6, 6.07) is 12.0. The first kappa shape index (κ1) is 16.7. The van der Waals surface area contributed by atoms with Gasteiger partial charge in [-0.1, -0.05) is 29.8 Å². The van der Waals surface area contributed by atoms with Crippen molar-refractivity contribution < 1.29 is 19.2 Å². The zero-order valence-electron chi connectivity index (χ0n) is 12.9. The molecule has 0 bridgehead atoms. The Hall–Kier alpha value is -3.19. The molecule has 2 aromatic rings. The van der Waals surface area contributed by atoms with E-state index in [0.717, 1.165) is 10.5 Å². The van der Waals surface area contributed by atoms with E-state index in [1.807, 2.05) is 0 Å². The molecule has 2 aromatic carbocycles. The van der Waals surface area contributed by atoms with Crippen LogP contribution in [-0.2, 0) is 9.59 Å². The van der Waals surface area contributed by atoms with Crippen LogP contribution in [0.2, 0.25) is 0 Å². The standard InChI is InChI=1S/C17H11ClN2O5/c1-10-4-2-3-5-13(10)19-16(21)14(18)15(17(19)22)25-12-8-6-11(7-9-12)20(23)24/h2-9H,1H3. The summed E-state index contributed by atoms with van der Waals surface area (Å²) < 4.78 is 5.41. The minimum Gasteiger partial charge on any atom is -0.450 e. The molecule has 7 nitrogen and oxygen atoms in total. The van der Waals surface area contributed by atoms with Crippen LogP contribution in [0.4, 0.5) is 11.4 Å². The van der Waals surface area contributed by atoms with Crippen molar-refractivity contribution in [1.82, 2.24) is 0 Å². The highest BCUT2D eigenvalue weighted by Gasteiger charge is 2.41. The molecule has 3 rings (SSSR count). The number of amides is 2. The van der Waals surface area contributed by atoms with E-state index in [4.69, 9.17) is 16.3 Å². The zero-order valence-corrected chi connectivity index (χ0v) is 13.7. The molecule has 1 aliphatic heterocycles. The molecule has 0 N–H and O–H groups in total. The van der Waals surface area contributed by atoms with Gasteiger partial charge in [0.15, 0.2) is 5.03 Å². The Morgan fingerprint density at radius 3 is 2.28 bits per heavy atom. The topological polar surface area (TPSA) is 89.8 Å². The van der Waals surface area contributed by atoms with Crippen LogP contribution in [0.1, 0.15) is 5.56 Å². The van der Waals surface area contributed by atoms with Crippen molar-refractivity contribution >= 4 is 34.8 Å². The Bertz CT molecular complexity index is 921. The van der Waals surface area contributed by atoms with E-state index in [1.54, 1.807) is 31.2 Å². The largest absolute Gasteiger partial charge is 0.450 e. The second-order valence-electron chi connectivity index (χ2n) is 5.23. The lowest BCUT2D eigenvalue weighted by atomic mass is 10.2. The smallest absolute Gasteiger partial charge is 0.302 e.